The van der Waals surface area contributed by atoms with Crippen LogP contribution in [0.4, 0.5) is 11.4 Å². The van der Waals surface area contributed by atoms with E-state index in [1.165, 1.54) is 0 Å². The quantitative estimate of drug-likeness (QED) is 0.595. The number of amides is 1. The Bertz CT molecular complexity index is 1110. The van der Waals surface area contributed by atoms with Gasteiger partial charge in [0.05, 0.1) is 41.1 Å². The van der Waals surface area contributed by atoms with Crippen molar-refractivity contribution in [1.82, 2.24) is 9.78 Å². The number of anilines is 2. The van der Waals surface area contributed by atoms with Crippen LogP contribution in [-0.2, 0) is 16.0 Å². The zero-order valence-corrected chi connectivity index (χ0v) is 19.0. The van der Waals surface area contributed by atoms with Gasteiger partial charge in [-0.1, -0.05) is 29.3 Å². The molecule has 1 saturated heterocycles. The number of aryl methyl sites for hydroxylation is 1. The molecule has 0 saturated carbocycles. The zero-order chi connectivity index (χ0) is 22.0. The normalized spacial score (nSPS) is 14.0. The summed E-state index contributed by atoms with van der Waals surface area (Å²) in [5.74, 6) is -0.0842. The molecule has 2 aromatic carbocycles. The second kappa shape index (κ2) is 9.30. The van der Waals surface area contributed by atoms with Crippen molar-refractivity contribution in [3.8, 4) is 5.69 Å². The molecule has 2 heterocycles. The van der Waals surface area contributed by atoms with Gasteiger partial charge in [0, 0.05) is 35.7 Å². The zero-order valence-electron chi connectivity index (χ0n) is 17.5. The highest BCUT2D eigenvalue weighted by molar-refractivity contribution is 6.42. The van der Waals surface area contributed by atoms with Crippen molar-refractivity contribution in [3.63, 3.8) is 0 Å². The van der Waals surface area contributed by atoms with Crippen LogP contribution in [0.25, 0.3) is 5.69 Å². The van der Waals surface area contributed by atoms with Gasteiger partial charge in [-0.15, -0.1) is 0 Å². The number of hydrogen-bond donors (Lipinski definition) is 1. The topological polar surface area (TPSA) is 59.4 Å². The van der Waals surface area contributed by atoms with Crippen LogP contribution in [0.15, 0.2) is 42.5 Å². The molecule has 0 aliphatic carbocycles. The molecular formula is C23H24Cl2N4O2. The minimum Gasteiger partial charge on any atom is -0.378 e. The summed E-state index contributed by atoms with van der Waals surface area (Å²) in [5.41, 5.74) is 5.27. The smallest absolute Gasteiger partial charge is 0.228 e. The maximum Gasteiger partial charge on any atom is 0.228 e. The number of nitrogens with one attached hydrogen (secondary N) is 1. The Morgan fingerprint density at radius 2 is 1.84 bits per heavy atom. The van der Waals surface area contributed by atoms with Crippen LogP contribution < -0.4 is 10.2 Å². The van der Waals surface area contributed by atoms with Gasteiger partial charge in [0.15, 0.2) is 0 Å². The van der Waals surface area contributed by atoms with Crippen LogP contribution in [0.1, 0.15) is 17.0 Å². The Morgan fingerprint density at radius 3 is 2.58 bits per heavy atom. The standard InChI is InChI=1S/C23H24Cl2N4O2/c1-15-20(16(2)29(27-15)19-6-7-21(24)22(25)13-19)14-23(30)26-17-4-3-5-18(12-17)28-8-10-31-11-9-28/h3-7,12-13H,8-11,14H2,1-2H3,(H,26,30). The van der Waals surface area contributed by atoms with Gasteiger partial charge in [0.25, 0.3) is 0 Å². The third kappa shape index (κ3) is 4.87. The van der Waals surface area contributed by atoms with E-state index in [0.29, 0.717) is 10.0 Å². The second-order valence-electron chi connectivity index (χ2n) is 7.53. The summed E-state index contributed by atoms with van der Waals surface area (Å²) in [4.78, 5) is 15.1. The monoisotopic (exact) mass is 458 g/mol. The number of carbonyl (C=O) groups excluding carboxylic acids is 1. The fraction of sp³-hybridized carbons (Fsp3) is 0.304. The first kappa shape index (κ1) is 21.7. The molecule has 1 aromatic heterocycles. The minimum absolute atomic E-state index is 0.0842. The lowest BCUT2D eigenvalue weighted by Crippen LogP contribution is -2.36. The number of nitrogens with zero attached hydrogens (tertiary/aromatic N) is 3. The molecule has 6 nitrogen and oxygen atoms in total. The molecule has 0 spiro atoms. The Morgan fingerprint density at radius 1 is 1.06 bits per heavy atom. The second-order valence-corrected chi connectivity index (χ2v) is 8.35. The van der Waals surface area contributed by atoms with Crippen LogP contribution >= 0.6 is 23.2 Å². The SMILES string of the molecule is Cc1nn(-c2ccc(Cl)c(Cl)c2)c(C)c1CC(=O)Nc1cccc(N2CCOCC2)c1. The molecule has 31 heavy (non-hydrogen) atoms. The van der Waals surface area contributed by atoms with Crippen LogP contribution in [0.5, 0.6) is 0 Å². The van der Waals surface area contributed by atoms with E-state index >= 15 is 0 Å². The highest BCUT2D eigenvalue weighted by Gasteiger charge is 2.17. The fourth-order valence-electron chi connectivity index (χ4n) is 3.77. The summed E-state index contributed by atoms with van der Waals surface area (Å²) in [7, 11) is 0. The molecule has 1 amide bonds. The largest absolute Gasteiger partial charge is 0.378 e. The van der Waals surface area contributed by atoms with Gasteiger partial charge < -0.3 is 15.0 Å². The van der Waals surface area contributed by atoms with E-state index in [-0.39, 0.29) is 12.3 Å². The number of aromatic nitrogens is 2. The van der Waals surface area contributed by atoms with Crippen molar-refractivity contribution >= 4 is 40.5 Å². The molecule has 8 heteroatoms. The molecule has 0 atom stereocenters. The number of carbonyl (C=O) groups is 1. The predicted molar refractivity (Wildman–Crippen MR) is 125 cm³/mol. The average Bonchev–Trinajstić information content (AvgIpc) is 3.05. The maximum absolute atomic E-state index is 12.8. The van der Waals surface area contributed by atoms with Crippen LogP contribution in [0.2, 0.25) is 10.0 Å². The van der Waals surface area contributed by atoms with Crippen molar-refractivity contribution < 1.29 is 9.53 Å². The molecule has 0 unspecified atom stereocenters. The molecule has 4 rings (SSSR count). The average molecular weight is 459 g/mol. The lowest BCUT2D eigenvalue weighted by molar-refractivity contribution is -0.115. The number of benzene rings is 2. The molecule has 3 aromatic rings. The van der Waals surface area contributed by atoms with Crippen molar-refractivity contribution in [2.45, 2.75) is 20.3 Å². The summed E-state index contributed by atoms with van der Waals surface area (Å²) < 4.78 is 7.21. The number of hydrogen-bond acceptors (Lipinski definition) is 4. The highest BCUT2D eigenvalue weighted by atomic mass is 35.5. The van der Waals surface area contributed by atoms with E-state index in [4.69, 9.17) is 27.9 Å². The number of morpholine rings is 1. The first-order valence-corrected chi connectivity index (χ1v) is 10.9. The van der Waals surface area contributed by atoms with Gasteiger partial charge in [0.1, 0.15) is 0 Å². The van der Waals surface area contributed by atoms with Crippen LogP contribution in [-0.4, -0.2) is 42.0 Å². The van der Waals surface area contributed by atoms with E-state index in [0.717, 1.165) is 60.3 Å². The van der Waals surface area contributed by atoms with Gasteiger partial charge in [-0.25, -0.2) is 4.68 Å². The van der Waals surface area contributed by atoms with Crippen LogP contribution in [0, 0.1) is 13.8 Å². The Balaban J connectivity index is 1.49. The third-order valence-electron chi connectivity index (χ3n) is 5.43. The fourth-order valence-corrected chi connectivity index (χ4v) is 4.06. The van der Waals surface area contributed by atoms with Crippen molar-refractivity contribution in [2.75, 3.05) is 36.5 Å². The Hall–Kier alpha value is -2.54. The summed E-state index contributed by atoms with van der Waals surface area (Å²) in [6.45, 7) is 7.00. The van der Waals surface area contributed by atoms with E-state index in [2.05, 4.69) is 21.4 Å². The maximum atomic E-state index is 12.8. The van der Waals surface area contributed by atoms with Crippen molar-refractivity contribution in [1.29, 1.82) is 0 Å². The molecule has 1 fully saturated rings. The third-order valence-corrected chi connectivity index (χ3v) is 6.17. The molecule has 162 valence electrons. The van der Waals surface area contributed by atoms with Gasteiger partial charge >= 0.3 is 0 Å². The number of halogens is 2. The summed E-state index contributed by atoms with van der Waals surface area (Å²) >= 11 is 12.2. The van der Waals surface area contributed by atoms with E-state index in [1.54, 1.807) is 16.8 Å². The van der Waals surface area contributed by atoms with Crippen molar-refractivity contribution in [2.24, 2.45) is 0 Å². The van der Waals surface area contributed by atoms with Gasteiger partial charge in [-0.05, 0) is 50.2 Å². The van der Waals surface area contributed by atoms with Gasteiger partial charge in [-0.2, -0.15) is 5.10 Å². The molecule has 1 N–H and O–H groups in total. The summed E-state index contributed by atoms with van der Waals surface area (Å²) in [6.07, 6.45) is 0.237. The van der Waals surface area contributed by atoms with E-state index < -0.39 is 0 Å². The Kier molecular flexibility index (Phi) is 6.51. The summed E-state index contributed by atoms with van der Waals surface area (Å²) in [5, 5.41) is 8.58. The molecule has 0 bridgehead atoms. The predicted octanol–water partition coefficient (Wildman–Crippen LogP) is 4.81. The van der Waals surface area contributed by atoms with E-state index in [9.17, 15) is 4.79 Å². The lowest BCUT2D eigenvalue weighted by atomic mass is 10.1. The number of rotatable bonds is 5. The lowest BCUT2D eigenvalue weighted by Gasteiger charge is -2.29. The van der Waals surface area contributed by atoms with Crippen LogP contribution in [0.3, 0.4) is 0 Å². The van der Waals surface area contributed by atoms with Gasteiger partial charge in [-0.3, -0.25) is 4.79 Å². The molecule has 1 aliphatic heterocycles. The molecular weight excluding hydrogens is 435 g/mol. The first-order chi connectivity index (χ1) is 14.9. The number of ether oxygens (including phenoxy) is 1. The van der Waals surface area contributed by atoms with E-state index in [1.807, 2.05) is 38.1 Å². The molecule has 1 aliphatic rings. The minimum atomic E-state index is -0.0842. The highest BCUT2D eigenvalue weighted by Crippen LogP contribution is 2.27. The van der Waals surface area contributed by atoms with Gasteiger partial charge in [0.2, 0.25) is 5.91 Å². The summed E-state index contributed by atoms with van der Waals surface area (Å²) in [6, 6.07) is 13.3. The van der Waals surface area contributed by atoms with Crippen molar-refractivity contribution in [3.05, 3.63) is 69.5 Å². The first-order valence-electron chi connectivity index (χ1n) is 10.2. The Labute approximate surface area is 191 Å². The molecule has 0 radical (unpaired) electrons.